The summed E-state index contributed by atoms with van der Waals surface area (Å²) in [6, 6.07) is 14.0. The van der Waals surface area contributed by atoms with E-state index in [1.54, 1.807) is 4.68 Å². The Kier molecular flexibility index (Phi) is 3.59. The summed E-state index contributed by atoms with van der Waals surface area (Å²) in [5.41, 5.74) is 6.42. The molecule has 0 aliphatic carbocycles. The van der Waals surface area contributed by atoms with Gasteiger partial charge in [0.2, 0.25) is 0 Å². The Bertz CT molecular complexity index is 832. The van der Waals surface area contributed by atoms with E-state index in [2.05, 4.69) is 23.3 Å². The maximum atomic E-state index is 11.3. The average Bonchev–Trinajstić information content (AvgIpc) is 2.94. The first-order valence-electron chi connectivity index (χ1n) is 7.16. The van der Waals surface area contributed by atoms with E-state index in [1.165, 1.54) is 11.1 Å². The summed E-state index contributed by atoms with van der Waals surface area (Å²) in [5.74, 6) is 0. The quantitative estimate of drug-likeness (QED) is 0.692. The molecule has 0 aliphatic heterocycles. The minimum Gasteiger partial charge on any atom is -0.296 e. The standard InChI is InChI=1S/C18H17N3O/c1-12-7-9-15(10-8-12)18-16(11-22)19-20-21(18)17-6-4-5-13(2)14(17)3/h4-11H,1-3H3. The van der Waals surface area contributed by atoms with Crippen LogP contribution in [0.5, 0.6) is 0 Å². The number of aldehydes is 1. The molecule has 1 heterocycles. The number of hydrogen-bond acceptors (Lipinski definition) is 3. The lowest BCUT2D eigenvalue weighted by molar-refractivity contribution is 0.111. The Morgan fingerprint density at radius 2 is 1.73 bits per heavy atom. The number of benzene rings is 2. The Balaban J connectivity index is 2.26. The van der Waals surface area contributed by atoms with Gasteiger partial charge in [-0.05, 0) is 38.0 Å². The second-order valence-electron chi connectivity index (χ2n) is 5.44. The normalized spacial score (nSPS) is 10.7. The maximum Gasteiger partial charge on any atom is 0.172 e. The van der Waals surface area contributed by atoms with Crippen molar-refractivity contribution in [2.45, 2.75) is 20.8 Å². The zero-order valence-electron chi connectivity index (χ0n) is 12.9. The molecule has 0 aliphatic rings. The molecule has 0 amide bonds. The summed E-state index contributed by atoms with van der Waals surface area (Å²) >= 11 is 0. The molecule has 3 aromatic rings. The van der Waals surface area contributed by atoms with Crippen LogP contribution in [0.25, 0.3) is 16.9 Å². The molecular formula is C18H17N3O. The molecule has 0 N–H and O–H groups in total. The second-order valence-corrected chi connectivity index (χ2v) is 5.44. The summed E-state index contributed by atoms with van der Waals surface area (Å²) in [6.45, 7) is 6.14. The number of aryl methyl sites for hydroxylation is 2. The molecular weight excluding hydrogens is 274 g/mol. The number of carbonyl (C=O) groups excluding carboxylic acids is 1. The predicted molar refractivity (Wildman–Crippen MR) is 86.4 cm³/mol. The Hall–Kier alpha value is -2.75. The van der Waals surface area contributed by atoms with Gasteiger partial charge in [0.1, 0.15) is 5.69 Å². The lowest BCUT2D eigenvalue weighted by atomic mass is 10.1. The van der Waals surface area contributed by atoms with E-state index >= 15 is 0 Å². The van der Waals surface area contributed by atoms with Crippen LogP contribution in [0.1, 0.15) is 27.2 Å². The SMILES string of the molecule is Cc1ccc(-c2c(C=O)nnn2-c2cccc(C)c2C)cc1. The van der Waals surface area contributed by atoms with Crippen LogP contribution in [0, 0.1) is 20.8 Å². The summed E-state index contributed by atoms with van der Waals surface area (Å²) in [5, 5.41) is 8.22. The molecule has 3 rings (SSSR count). The van der Waals surface area contributed by atoms with Crippen LogP contribution in [-0.2, 0) is 0 Å². The fourth-order valence-electron chi connectivity index (χ4n) is 2.49. The minimum absolute atomic E-state index is 0.352. The van der Waals surface area contributed by atoms with Crippen molar-refractivity contribution in [1.29, 1.82) is 0 Å². The zero-order valence-corrected chi connectivity index (χ0v) is 12.9. The molecule has 0 fully saturated rings. The average molecular weight is 291 g/mol. The number of aromatic nitrogens is 3. The predicted octanol–water partition coefficient (Wildman–Crippen LogP) is 3.67. The number of carbonyl (C=O) groups is 1. The lowest BCUT2D eigenvalue weighted by Gasteiger charge is -2.11. The summed E-state index contributed by atoms with van der Waals surface area (Å²) in [6.07, 6.45) is 0.754. The van der Waals surface area contributed by atoms with Crippen molar-refractivity contribution in [2.24, 2.45) is 0 Å². The monoisotopic (exact) mass is 291 g/mol. The highest BCUT2D eigenvalue weighted by Gasteiger charge is 2.17. The van der Waals surface area contributed by atoms with Gasteiger partial charge in [0.25, 0.3) is 0 Å². The number of rotatable bonds is 3. The highest BCUT2D eigenvalue weighted by molar-refractivity contribution is 5.84. The van der Waals surface area contributed by atoms with Crippen LogP contribution in [0.4, 0.5) is 0 Å². The van der Waals surface area contributed by atoms with Gasteiger partial charge in [-0.15, -0.1) is 5.10 Å². The molecule has 22 heavy (non-hydrogen) atoms. The van der Waals surface area contributed by atoms with Crippen molar-refractivity contribution in [3.05, 3.63) is 64.8 Å². The van der Waals surface area contributed by atoms with E-state index in [0.717, 1.165) is 28.8 Å². The molecule has 2 aromatic carbocycles. The van der Waals surface area contributed by atoms with Crippen molar-refractivity contribution in [1.82, 2.24) is 15.0 Å². The van der Waals surface area contributed by atoms with Gasteiger partial charge in [-0.3, -0.25) is 4.79 Å². The van der Waals surface area contributed by atoms with Crippen LogP contribution < -0.4 is 0 Å². The number of nitrogens with zero attached hydrogens (tertiary/aromatic N) is 3. The van der Waals surface area contributed by atoms with Gasteiger partial charge >= 0.3 is 0 Å². The van der Waals surface area contributed by atoms with Crippen LogP contribution in [-0.4, -0.2) is 21.3 Å². The number of hydrogen-bond donors (Lipinski definition) is 0. The van der Waals surface area contributed by atoms with Crippen molar-refractivity contribution in [3.8, 4) is 16.9 Å². The van der Waals surface area contributed by atoms with Crippen LogP contribution in [0.2, 0.25) is 0 Å². The van der Waals surface area contributed by atoms with Gasteiger partial charge in [-0.2, -0.15) is 0 Å². The molecule has 0 radical (unpaired) electrons. The second kappa shape index (κ2) is 5.56. The van der Waals surface area contributed by atoms with Crippen LogP contribution in [0.3, 0.4) is 0 Å². The molecule has 1 aromatic heterocycles. The van der Waals surface area contributed by atoms with Gasteiger partial charge < -0.3 is 0 Å². The first-order valence-corrected chi connectivity index (χ1v) is 7.16. The third-order valence-electron chi connectivity index (χ3n) is 3.94. The first-order chi connectivity index (χ1) is 10.6. The fourth-order valence-corrected chi connectivity index (χ4v) is 2.49. The molecule has 0 bridgehead atoms. The van der Waals surface area contributed by atoms with E-state index in [9.17, 15) is 4.79 Å². The molecule has 0 atom stereocenters. The smallest absolute Gasteiger partial charge is 0.172 e. The molecule has 0 saturated carbocycles. The van der Waals surface area contributed by atoms with E-state index in [4.69, 9.17) is 0 Å². The first kappa shape index (κ1) is 14.2. The molecule has 0 unspecified atom stereocenters. The topological polar surface area (TPSA) is 47.8 Å². The Morgan fingerprint density at radius 3 is 2.41 bits per heavy atom. The van der Waals surface area contributed by atoms with E-state index in [1.807, 2.05) is 50.2 Å². The third-order valence-corrected chi connectivity index (χ3v) is 3.94. The van der Waals surface area contributed by atoms with E-state index in [0.29, 0.717) is 5.69 Å². The van der Waals surface area contributed by atoms with Crippen LogP contribution in [0.15, 0.2) is 42.5 Å². The Morgan fingerprint density at radius 1 is 1.00 bits per heavy atom. The fraction of sp³-hybridized carbons (Fsp3) is 0.167. The van der Waals surface area contributed by atoms with Crippen molar-refractivity contribution in [3.63, 3.8) is 0 Å². The van der Waals surface area contributed by atoms with E-state index < -0.39 is 0 Å². The van der Waals surface area contributed by atoms with Crippen molar-refractivity contribution < 1.29 is 4.79 Å². The van der Waals surface area contributed by atoms with Gasteiger partial charge in [-0.25, -0.2) is 4.68 Å². The van der Waals surface area contributed by atoms with Gasteiger partial charge in [-0.1, -0.05) is 47.2 Å². The lowest BCUT2D eigenvalue weighted by Crippen LogP contribution is -2.03. The van der Waals surface area contributed by atoms with Gasteiger partial charge in [0.05, 0.1) is 5.69 Å². The summed E-state index contributed by atoms with van der Waals surface area (Å²) < 4.78 is 1.75. The summed E-state index contributed by atoms with van der Waals surface area (Å²) in [4.78, 5) is 11.3. The molecule has 4 heteroatoms. The minimum atomic E-state index is 0.352. The van der Waals surface area contributed by atoms with Gasteiger partial charge in [0.15, 0.2) is 12.0 Å². The van der Waals surface area contributed by atoms with E-state index in [-0.39, 0.29) is 0 Å². The summed E-state index contributed by atoms with van der Waals surface area (Å²) in [7, 11) is 0. The highest BCUT2D eigenvalue weighted by atomic mass is 16.1. The molecule has 0 saturated heterocycles. The van der Waals surface area contributed by atoms with Crippen molar-refractivity contribution in [2.75, 3.05) is 0 Å². The van der Waals surface area contributed by atoms with Crippen molar-refractivity contribution >= 4 is 6.29 Å². The highest BCUT2D eigenvalue weighted by Crippen LogP contribution is 2.27. The molecule has 4 nitrogen and oxygen atoms in total. The maximum absolute atomic E-state index is 11.3. The third kappa shape index (κ3) is 2.33. The molecule has 0 spiro atoms. The van der Waals surface area contributed by atoms with Gasteiger partial charge in [0, 0.05) is 5.56 Å². The zero-order chi connectivity index (χ0) is 15.7. The molecule has 110 valence electrons. The Labute approximate surface area is 129 Å². The largest absolute Gasteiger partial charge is 0.296 e. The van der Waals surface area contributed by atoms with Crippen LogP contribution >= 0.6 is 0 Å².